The molecule has 2 aromatic carbocycles. The van der Waals surface area contributed by atoms with Gasteiger partial charge < -0.3 is 14.7 Å². The van der Waals surface area contributed by atoms with Crippen LogP contribution in [0.15, 0.2) is 45.3 Å². The number of amides is 1. The van der Waals surface area contributed by atoms with E-state index in [9.17, 15) is 4.79 Å². The number of aromatic nitrogens is 1. The zero-order valence-corrected chi connectivity index (χ0v) is 12.7. The van der Waals surface area contributed by atoms with Crippen LogP contribution in [0.2, 0.25) is 0 Å². The summed E-state index contributed by atoms with van der Waals surface area (Å²) in [6.07, 6.45) is 0. The summed E-state index contributed by atoms with van der Waals surface area (Å²) in [4.78, 5) is 15.3. The lowest BCUT2D eigenvalue weighted by molar-refractivity contribution is 0.0964. The lowest BCUT2D eigenvalue weighted by atomic mass is 10.1. The summed E-state index contributed by atoms with van der Waals surface area (Å²) >= 11 is 3.48. The number of halogens is 1. The van der Waals surface area contributed by atoms with Crippen LogP contribution in [0.4, 0.5) is 0 Å². The first-order chi connectivity index (χ1) is 10.2. The second-order valence-electron chi connectivity index (χ2n) is 4.88. The Kier molecular flexibility index (Phi) is 2.59. The van der Waals surface area contributed by atoms with E-state index in [0.29, 0.717) is 5.56 Å². The van der Waals surface area contributed by atoms with E-state index in [2.05, 4.69) is 26.2 Å². The number of hydrogen-bond donors (Lipinski definition) is 2. The molecule has 21 heavy (non-hydrogen) atoms. The topological polar surface area (TPSA) is 58.0 Å². The number of aromatic amines is 1. The van der Waals surface area contributed by atoms with Crippen molar-refractivity contribution in [1.82, 2.24) is 10.3 Å². The molecule has 0 saturated heterocycles. The number of carbonyl (C=O) groups excluding carboxylic acids is 1. The summed E-state index contributed by atoms with van der Waals surface area (Å²) in [5.74, 6) is -0.116. The molecule has 0 aliphatic rings. The molecular formula is C16H11BrN2O2. The molecule has 5 heteroatoms. The molecule has 4 rings (SSSR count). The van der Waals surface area contributed by atoms with Crippen molar-refractivity contribution < 1.29 is 9.21 Å². The molecule has 0 unspecified atom stereocenters. The molecule has 0 radical (unpaired) electrons. The lowest BCUT2D eigenvalue weighted by Gasteiger charge is -2.01. The zero-order chi connectivity index (χ0) is 14.6. The summed E-state index contributed by atoms with van der Waals surface area (Å²) in [6.45, 7) is 0. The number of fused-ring (bicyclic) bond motifs is 5. The van der Waals surface area contributed by atoms with Crippen molar-refractivity contribution in [3.8, 4) is 0 Å². The number of furan rings is 1. The highest BCUT2D eigenvalue weighted by Crippen LogP contribution is 2.36. The molecule has 2 aromatic heterocycles. The summed E-state index contributed by atoms with van der Waals surface area (Å²) in [5, 5.41) is 4.57. The van der Waals surface area contributed by atoms with Gasteiger partial charge in [-0.25, -0.2) is 0 Å². The highest BCUT2D eigenvalue weighted by Gasteiger charge is 2.17. The quantitative estimate of drug-likeness (QED) is 0.544. The van der Waals surface area contributed by atoms with Gasteiger partial charge >= 0.3 is 0 Å². The van der Waals surface area contributed by atoms with Crippen molar-refractivity contribution >= 4 is 54.8 Å². The minimum Gasteiger partial charge on any atom is -0.454 e. The van der Waals surface area contributed by atoms with Crippen molar-refractivity contribution in [2.75, 3.05) is 7.05 Å². The fourth-order valence-corrected chi connectivity index (χ4v) is 3.07. The molecule has 104 valence electrons. The fourth-order valence-electron chi connectivity index (χ4n) is 2.71. The fraction of sp³-hybridized carbons (Fsp3) is 0.0625. The number of carbonyl (C=O) groups is 1. The van der Waals surface area contributed by atoms with Crippen molar-refractivity contribution in [3.63, 3.8) is 0 Å². The van der Waals surface area contributed by atoms with Crippen LogP contribution >= 0.6 is 15.9 Å². The molecule has 4 nitrogen and oxygen atoms in total. The Balaban J connectivity index is 2.16. The van der Waals surface area contributed by atoms with Crippen LogP contribution in [-0.2, 0) is 0 Å². The van der Waals surface area contributed by atoms with Gasteiger partial charge in [0.25, 0.3) is 5.91 Å². The Labute approximate surface area is 128 Å². The minimum atomic E-state index is -0.116. The Morgan fingerprint density at radius 1 is 1.19 bits per heavy atom. The van der Waals surface area contributed by atoms with Gasteiger partial charge in [-0.05, 0) is 30.3 Å². The number of rotatable bonds is 1. The molecule has 2 heterocycles. The van der Waals surface area contributed by atoms with Crippen molar-refractivity contribution in [3.05, 3.63) is 46.4 Å². The molecule has 0 aliphatic carbocycles. The predicted molar refractivity (Wildman–Crippen MR) is 86.7 cm³/mol. The first kappa shape index (κ1) is 12.5. The lowest BCUT2D eigenvalue weighted by Crippen LogP contribution is -2.18. The van der Waals surface area contributed by atoms with Crippen LogP contribution < -0.4 is 5.32 Å². The molecule has 1 amide bonds. The van der Waals surface area contributed by atoms with Gasteiger partial charge in [0.1, 0.15) is 5.58 Å². The monoisotopic (exact) mass is 342 g/mol. The molecule has 2 N–H and O–H groups in total. The maximum atomic E-state index is 12.0. The van der Waals surface area contributed by atoms with E-state index >= 15 is 0 Å². The Morgan fingerprint density at radius 3 is 2.86 bits per heavy atom. The average molecular weight is 343 g/mol. The molecule has 0 bridgehead atoms. The van der Waals surface area contributed by atoms with Crippen LogP contribution in [0.3, 0.4) is 0 Å². The van der Waals surface area contributed by atoms with Crippen LogP contribution in [0.5, 0.6) is 0 Å². The smallest absolute Gasteiger partial charge is 0.253 e. The summed E-state index contributed by atoms with van der Waals surface area (Å²) in [6, 6.07) is 11.5. The molecular weight excluding hydrogens is 332 g/mol. The van der Waals surface area contributed by atoms with Gasteiger partial charge in [0.15, 0.2) is 5.58 Å². The average Bonchev–Trinajstić information content (AvgIpc) is 3.02. The second kappa shape index (κ2) is 4.36. The van der Waals surface area contributed by atoms with Crippen LogP contribution in [0.1, 0.15) is 10.4 Å². The third-order valence-electron chi connectivity index (χ3n) is 3.68. The molecule has 0 aliphatic heterocycles. The highest BCUT2D eigenvalue weighted by molar-refractivity contribution is 9.10. The third-order valence-corrected chi connectivity index (χ3v) is 4.17. The maximum Gasteiger partial charge on any atom is 0.253 e. The number of benzene rings is 2. The van der Waals surface area contributed by atoms with Gasteiger partial charge in [0, 0.05) is 22.3 Å². The maximum absolute atomic E-state index is 12.0. The normalized spacial score (nSPS) is 11.5. The molecule has 4 aromatic rings. The van der Waals surface area contributed by atoms with Gasteiger partial charge in [0.2, 0.25) is 0 Å². The SMILES string of the molecule is CNC(=O)c1cccc2c1[nH]c1c3cc(Br)ccc3oc21. The number of H-pyrrole nitrogens is 1. The Morgan fingerprint density at radius 2 is 2.05 bits per heavy atom. The van der Waals surface area contributed by atoms with E-state index in [0.717, 1.165) is 37.4 Å². The predicted octanol–water partition coefficient (Wildman–Crippen LogP) is 4.19. The van der Waals surface area contributed by atoms with Gasteiger partial charge in [-0.2, -0.15) is 0 Å². The van der Waals surface area contributed by atoms with E-state index in [4.69, 9.17) is 4.42 Å². The van der Waals surface area contributed by atoms with Crippen molar-refractivity contribution in [1.29, 1.82) is 0 Å². The van der Waals surface area contributed by atoms with Crippen LogP contribution in [0, 0.1) is 0 Å². The second-order valence-corrected chi connectivity index (χ2v) is 5.79. The summed E-state index contributed by atoms with van der Waals surface area (Å²) in [5.41, 5.74) is 3.94. The number of para-hydroxylation sites is 1. The molecule has 0 fully saturated rings. The summed E-state index contributed by atoms with van der Waals surface area (Å²) < 4.78 is 6.93. The third kappa shape index (κ3) is 1.70. The summed E-state index contributed by atoms with van der Waals surface area (Å²) in [7, 11) is 1.63. The van der Waals surface area contributed by atoms with Crippen LogP contribution in [0.25, 0.3) is 33.0 Å². The van der Waals surface area contributed by atoms with Crippen LogP contribution in [-0.4, -0.2) is 17.9 Å². The van der Waals surface area contributed by atoms with Gasteiger partial charge in [-0.3, -0.25) is 4.79 Å². The Bertz CT molecular complexity index is 1010. The van der Waals surface area contributed by atoms with Gasteiger partial charge in [0.05, 0.1) is 16.6 Å². The number of nitrogens with one attached hydrogen (secondary N) is 2. The standard InChI is InChI=1S/C16H11BrN2O2/c1-18-16(20)10-4-2-3-9-13(10)19-14-11-7-8(17)5-6-12(11)21-15(9)14/h2-7,19H,1H3,(H,18,20). The first-order valence-corrected chi connectivity index (χ1v) is 7.33. The molecule has 0 saturated carbocycles. The molecule has 0 atom stereocenters. The van der Waals surface area contributed by atoms with E-state index in [-0.39, 0.29) is 5.91 Å². The van der Waals surface area contributed by atoms with E-state index in [1.54, 1.807) is 13.1 Å². The number of hydrogen-bond acceptors (Lipinski definition) is 2. The van der Waals surface area contributed by atoms with Gasteiger partial charge in [-0.15, -0.1) is 0 Å². The van der Waals surface area contributed by atoms with Crippen molar-refractivity contribution in [2.45, 2.75) is 0 Å². The highest BCUT2D eigenvalue weighted by atomic mass is 79.9. The van der Waals surface area contributed by atoms with Crippen molar-refractivity contribution in [2.24, 2.45) is 0 Å². The zero-order valence-electron chi connectivity index (χ0n) is 11.2. The van der Waals surface area contributed by atoms with E-state index in [1.165, 1.54) is 0 Å². The van der Waals surface area contributed by atoms with E-state index in [1.807, 2.05) is 30.3 Å². The largest absolute Gasteiger partial charge is 0.454 e. The van der Waals surface area contributed by atoms with Gasteiger partial charge in [-0.1, -0.05) is 22.0 Å². The minimum absolute atomic E-state index is 0.116. The first-order valence-electron chi connectivity index (χ1n) is 6.53. The van der Waals surface area contributed by atoms with E-state index < -0.39 is 0 Å². The Hall–Kier alpha value is -2.27. The molecule has 0 spiro atoms.